The summed E-state index contributed by atoms with van der Waals surface area (Å²) < 4.78 is 0. The second-order valence-electron chi connectivity index (χ2n) is 5.87. The zero-order chi connectivity index (χ0) is 14.5. The molecule has 1 unspecified atom stereocenters. The highest BCUT2D eigenvalue weighted by Gasteiger charge is 2.34. The number of carboxylic acids is 1. The van der Waals surface area contributed by atoms with E-state index in [4.69, 9.17) is 0 Å². The molecule has 0 aromatic carbocycles. The first-order chi connectivity index (χ1) is 9.59. The highest BCUT2D eigenvalue weighted by molar-refractivity contribution is 5.85. The smallest absolute Gasteiger partial charge is 0.307 e. The Morgan fingerprint density at radius 1 is 1.25 bits per heavy atom. The van der Waals surface area contributed by atoms with Crippen molar-refractivity contribution in [2.24, 2.45) is 11.8 Å². The van der Waals surface area contributed by atoms with Crippen molar-refractivity contribution in [2.75, 3.05) is 20.1 Å². The number of likely N-dealkylation sites (N-methyl/N-ethyl adjacent to an activating group) is 1. The summed E-state index contributed by atoms with van der Waals surface area (Å²) in [7, 11) is 2.08. The van der Waals surface area contributed by atoms with Gasteiger partial charge in [-0.15, -0.1) is 0 Å². The molecular formula is C15H24N2O3. The molecule has 1 saturated heterocycles. The molecule has 1 aliphatic heterocycles. The molecule has 112 valence electrons. The lowest BCUT2D eigenvalue weighted by atomic mass is 9.82. The van der Waals surface area contributed by atoms with E-state index in [1.165, 1.54) is 12.8 Å². The molecule has 2 rings (SSSR count). The van der Waals surface area contributed by atoms with E-state index in [2.05, 4.69) is 17.3 Å². The third-order valence-electron chi connectivity index (χ3n) is 4.52. The second-order valence-corrected chi connectivity index (χ2v) is 5.87. The number of allylic oxidation sites excluding steroid dienone is 2. The molecule has 1 heterocycles. The Morgan fingerprint density at radius 3 is 2.60 bits per heavy atom. The molecule has 1 aliphatic carbocycles. The fraction of sp³-hybridized carbons (Fsp3) is 0.733. The van der Waals surface area contributed by atoms with Crippen molar-refractivity contribution in [3.8, 4) is 0 Å². The maximum Gasteiger partial charge on any atom is 0.307 e. The number of amides is 1. The van der Waals surface area contributed by atoms with Crippen LogP contribution in [0.1, 0.15) is 32.1 Å². The molecule has 0 saturated carbocycles. The van der Waals surface area contributed by atoms with Crippen molar-refractivity contribution in [1.29, 1.82) is 0 Å². The van der Waals surface area contributed by atoms with Crippen molar-refractivity contribution >= 4 is 11.9 Å². The average Bonchev–Trinajstić information content (AvgIpc) is 2.46. The van der Waals surface area contributed by atoms with Gasteiger partial charge in [0.1, 0.15) is 0 Å². The Balaban J connectivity index is 1.87. The van der Waals surface area contributed by atoms with Crippen molar-refractivity contribution in [1.82, 2.24) is 10.2 Å². The predicted molar refractivity (Wildman–Crippen MR) is 76.3 cm³/mol. The molecule has 5 nitrogen and oxygen atoms in total. The SMILES string of the molecule is CN1CCCCC1CNC(=O)[C@@H]1CC=CC[C@@H]1C(=O)O. The summed E-state index contributed by atoms with van der Waals surface area (Å²) in [4.78, 5) is 25.7. The molecular weight excluding hydrogens is 256 g/mol. The number of hydrogen-bond donors (Lipinski definition) is 2. The van der Waals surface area contributed by atoms with E-state index in [9.17, 15) is 14.7 Å². The van der Waals surface area contributed by atoms with Gasteiger partial charge in [0.05, 0.1) is 11.8 Å². The number of nitrogens with zero attached hydrogens (tertiary/aromatic N) is 1. The van der Waals surface area contributed by atoms with Gasteiger partial charge < -0.3 is 15.3 Å². The van der Waals surface area contributed by atoms with Crippen LogP contribution in [0.15, 0.2) is 12.2 Å². The van der Waals surface area contributed by atoms with Crippen LogP contribution in [-0.2, 0) is 9.59 Å². The molecule has 2 aliphatic rings. The van der Waals surface area contributed by atoms with Gasteiger partial charge in [-0.05, 0) is 39.3 Å². The van der Waals surface area contributed by atoms with Crippen molar-refractivity contribution in [3.05, 3.63) is 12.2 Å². The van der Waals surface area contributed by atoms with Gasteiger partial charge in [0.25, 0.3) is 0 Å². The van der Waals surface area contributed by atoms with Crippen molar-refractivity contribution in [2.45, 2.75) is 38.1 Å². The average molecular weight is 280 g/mol. The first kappa shape index (κ1) is 15.0. The van der Waals surface area contributed by atoms with Crippen LogP contribution < -0.4 is 5.32 Å². The number of nitrogens with one attached hydrogen (secondary N) is 1. The highest BCUT2D eigenvalue weighted by Crippen LogP contribution is 2.26. The highest BCUT2D eigenvalue weighted by atomic mass is 16.4. The molecule has 2 N–H and O–H groups in total. The van der Waals surface area contributed by atoms with E-state index in [0.717, 1.165) is 13.0 Å². The van der Waals surface area contributed by atoms with Crippen LogP contribution in [-0.4, -0.2) is 48.1 Å². The normalized spacial score (nSPS) is 30.9. The topological polar surface area (TPSA) is 69.6 Å². The molecule has 0 bridgehead atoms. The minimum atomic E-state index is -0.871. The van der Waals surface area contributed by atoms with Crippen molar-refractivity contribution < 1.29 is 14.7 Å². The third-order valence-corrected chi connectivity index (χ3v) is 4.52. The number of aliphatic carboxylic acids is 1. The van der Waals surface area contributed by atoms with Crippen LogP contribution in [0, 0.1) is 11.8 Å². The van der Waals surface area contributed by atoms with Gasteiger partial charge in [-0.3, -0.25) is 9.59 Å². The number of carboxylic acid groups (broad SMARTS) is 1. The van der Waals surface area contributed by atoms with E-state index in [1.807, 2.05) is 12.2 Å². The summed E-state index contributed by atoms with van der Waals surface area (Å²) in [5.41, 5.74) is 0. The summed E-state index contributed by atoms with van der Waals surface area (Å²) in [5.74, 6) is -1.99. The Hall–Kier alpha value is -1.36. The van der Waals surface area contributed by atoms with Crippen LogP contribution in [0.5, 0.6) is 0 Å². The number of carbonyl (C=O) groups excluding carboxylic acids is 1. The summed E-state index contributed by atoms with van der Waals surface area (Å²) in [6.07, 6.45) is 8.28. The first-order valence-electron chi connectivity index (χ1n) is 7.45. The lowest BCUT2D eigenvalue weighted by Crippen LogP contribution is -2.47. The molecule has 0 aromatic heterocycles. The Labute approximate surface area is 120 Å². The van der Waals surface area contributed by atoms with Crippen LogP contribution in [0.4, 0.5) is 0 Å². The maximum absolute atomic E-state index is 12.2. The van der Waals surface area contributed by atoms with Gasteiger partial charge in [-0.2, -0.15) is 0 Å². The van der Waals surface area contributed by atoms with Crippen LogP contribution >= 0.6 is 0 Å². The Kier molecular flexibility index (Phi) is 5.17. The molecule has 0 spiro atoms. The summed E-state index contributed by atoms with van der Waals surface area (Å²) in [6.45, 7) is 1.70. The zero-order valence-corrected chi connectivity index (χ0v) is 12.0. The first-order valence-corrected chi connectivity index (χ1v) is 7.45. The summed E-state index contributed by atoms with van der Waals surface area (Å²) in [6, 6.07) is 0.384. The van der Waals surface area contributed by atoms with E-state index in [-0.39, 0.29) is 5.91 Å². The molecule has 0 aromatic rings. The van der Waals surface area contributed by atoms with Gasteiger partial charge in [0.15, 0.2) is 0 Å². The number of rotatable bonds is 4. The van der Waals surface area contributed by atoms with Crippen LogP contribution in [0.3, 0.4) is 0 Å². The standard InChI is InChI=1S/C15H24N2O3/c1-17-9-5-4-6-11(17)10-16-14(18)12-7-2-3-8-13(12)15(19)20/h2-3,11-13H,4-10H2,1H3,(H,16,18)(H,19,20)/t11?,12-,13+/m1/s1. The summed E-state index contributed by atoms with van der Waals surface area (Å²) >= 11 is 0. The maximum atomic E-state index is 12.2. The lowest BCUT2D eigenvalue weighted by Gasteiger charge is -2.33. The van der Waals surface area contributed by atoms with Crippen molar-refractivity contribution in [3.63, 3.8) is 0 Å². The fourth-order valence-electron chi connectivity index (χ4n) is 3.13. The Morgan fingerprint density at radius 2 is 1.95 bits per heavy atom. The predicted octanol–water partition coefficient (Wildman–Crippen LogP) is 1.25. The minimum absolute atomic E-state index is 0.110. The summed E-state index contributed by atoms with van der Waals surface area (Å²) in [5, 5.41) is 12.2. The van der Waals surface area contributed by atoms with Gasteiger partial charge in [-0.1, -0.05) is 18.6 Å². The van der Waals surface area contributed by atoms with E-state index >= 15 is 0 Å². The molecule has 20 heavy (non-hydrogen) atoms. The second kappa shape index (κ2) is 6.88. The fourth-order valence-corrected chi connectivity index (χ4v) is 3.13. The number of carbonyl (C=O) groups is 2. The van der Waals surface area contributed by atoms with E-state index in [1.54, 1.807) is 0 Å². The molecule has 5 heteroatoms. The monoisotopic (exact) mass is 280 g/mol. The van der Waals surface area contributed by atoms with Gasteiger partial charge in [-0.25, -0.2) is 0 Å². The Bertz CT molecular complexity index is 395. The van der Waals surface area contributed by atoms with Crippen LogP contribution in [0.2, 0.25) is 0 Å². The quantitative estimate of drug-likeness (QED) is 0.761. The van der Waals surface area contributed by atoms with Gasteiger partial charge >= 0.3 is 5.97 Å². The molecule has 3 atom stereocenters. The number of hydrogen-bond acceptors (Lipinski definition) is 3. The van der Waals surface area contributed by atoms with E-state index < -0.39 is 17.8 Å². The van der Waals surface area contributed by atoms with Crippen LogP contribution in [0.25, 0.3) is 0 Å². The zero-order valence-electron chi connectivity index (χ0n) is 12.0. The number of piperidine rings is 1. The minimum Gasteiger partial charge on any atom is -0.481 e. The molecule has 1 fully saturated rings. The third kappa shape index (κ3) is 3.60. The molecule has 1 amide bonds. The molecule has 0 radical (unpaired) electrons. The largest absolute Gasteiger partial charge is 0.481 e. The van der Waals surface area contributed by atoms with E-state index in [0.29, 0.717) is 25.4 Å². The van der Waals surface area contributed by atoms with Gasteiger partial charge in [0, 0.05) is 12.6 Å². The number of likely N-dealkylation sites (tertiary alicyclic amines) is 1. The van der Waals surface area contributed by atoms with Gasteiger partial charge in [0.2, 0.25) is 5.91 Å². The lowest BCUT2D eigenvalue weighted by molar-refractivity contribution is -0.147.